The smallest absolute Gasteiger partial charge is 0.302 e. The largest absolute Gasteiger partial charge is 0.462 e. The Morgan fingerprint density at radius 1 is 1.11 bits per heavy atom. The molecule has 4 saturated carbocycles. The highest BCUT2D eigenvalue weighted by atomic mass is 19.1. The maximum Gasteiger partial charge on any atom is 0.302 e. The molecule has 0 radical (unpaired) electrons. The number of halogens is 1. The number of Topliss-reactive ketones (excluding diaryl/α,β-unsaturated/α-hetero) is 2. The third-order valence-corrected chi connectivity index (χ3v) is 12.7. The van der Waals surface area contributed by atoms with Gasteiger partial charge in [0, 0.05) is 36.2 Å². The van der Waals surface area contributed by atoms with E-state index in [0.717, 1.165) is 50.5 Å². The first-order chi connectivity index (χ1) is 20.8. The van der Waals surface area contributed by atoms with Crippen LogP contribution in [0.25, 0.3) is 11.3 Å². The van der Waals surface area contributed by atoms with E-state index in [1.165, 1.54) is 19.1 Å². The van der Waals surface area contributed by atoms with Crippen molar-refractivity contribution in [3.8, 4) is 11.3 Å². The second-order valence-corrected chi connectivity index (χ2v) is 15.3. The topological polar surface area (TPSA) is 91.2 Å². The normalized spacial score (nSPS) is 38.8. The number of carbonyl (C=O) groups is 3. The summed E-state index contributed by atoms with van der Waals surface area (Å²) in [5.41, 5.74) is 0.588. The summed E-state index contributed by atoms with van der Waals surface area (Å²) in [5.74, 6) is 1.09. The Bertz CT molecular complexity index is 1420. The first kappa shape index (κ1) is 31.1. The van der Waals surface area contributed by atoms with Crippen LogP contribution < -0.4 is 0 Å². The number of hydrogen-bond donors (Lipinski definition) is 0. The molecule has 44 heavy (non-hydrogen) atoms. The van der Waals surface area contributed by atoms with Gasteiger partial charge in [-0.15, -0.1) is 5.10 Å². The average Bonchev–Trinajstić information content (AvgIpc) is 3.59. The van der Waals surface area contributed by atoms with E-state index in [-0.39, 0.29) is 64.5 Å². The fourth-order valence-corrected chi connectivity index (χ4v) is 10.6. The lowest BCUT2D eigenvalue weighted by Gasteiger charge is -2.64. The Morgan fingerprint density at radius 2 is 1.84 bits per heavy atom. The Kier molecular flexibility index (Phi) is 8.11. The molecule has 0 amide bonds. The Balaban J connectivity index is 1.49. The van der Waals surface area contributed by atoms with Gasteiger partial charge in [-0.1, -0.05) is 39.3 Å². The van der Waals surface area contributed by atoms with Crippen LogP contribution in [0, 0.1) is 58.1 Å². The standard InChI is InChI=1S/C36H48FN3O4/c1-20-15-16-35(5)25(17-20)18-30(44-23(4)42)31-28-14-13-27(21(2)7-8-22(3)41)36(28,6)34(43)33(32(31)35)40-19-29(38-39-40)24-9-11-26(37)12-10-24/h9-12,19-21,25,27-28,30-33H,7-8,13-18H2,1-6H3/t20-,21-,25+,27?,28?,30-,31?,32?,33+,35+,36-/m1/s1. The molecule has 0 saturated heterocycles. The van der Waals surface area contributed by atoms with E-state index in [9.17, 15) is 14.0 Å². The van der Waals surface area contributed by atoms with E-state index in [1.54, 1.807) is 23.7 Å². The van der Waals surface area contributed by atoms with Crippen molar-refractivity contribution in [3.05, 3.63) is 36.3 Å². The number of aromatic nitrogens is 3. The summed E-state index contributed by atoms with van der Waals surface area (Å²) >= 11 is 0. The fraction of sp³-hybridized carbons (Fsp3) is 0.694. The third kappa shape index (κ3) is 5.04. The highest BCUT2D eigenvalue weighted by Gasteiger charge is 2.70. The van der Waals surface area contributed by atoms with Crippen LogP contribution in [-0.4, -0.2) is 38.6 Å². The summed E-state index contributed by atoms with van der Waals surface area (Å²) in [7, 11) is 0. The van der Waals surface area contributed by atoms with Gasteiger partial charge in [-0.05, 0) is 105 Å². The van der Waals surface area contributed by atoms with Gasteiger partial charge in [0.25, 0.3) is 0 Å². The summed E-state index contributed by atoms with van der Waals surface area (Å²) in [6.07, 6.45) is 8.74. The van der Waals surface area contributed by atoms with Crippen LogP contribution in [0.15, 0.2) is 30.5 Å². The lowest BCUT2D eigenvalue weighted by Crippen LogP contribution is -2.65. The Labute approximate surface area is 260 Å². The van der Waals surface area contributed by atoms with E-state index in [1.807, 2.05) is 6.20 Å². The van der Waals surface area contributed by atoms with Crippen molar-refractivity contribution in [1.29, 1.82) is 0 Å². The van der Waals surface area contributed by atoms with Crippen molar-refractivity contribution in [2.75, 3.05) is 0 Å². The van der Waals surface area contributed by atoms with Crippen LogP contribution in [0.5, 0.6) is 0 Å². The molecule has 4 fully saturated rings. The van der Waals surface area contributed by atoms with Gasteiger partial charge in [0.2, 0.25) is 0 Å². The summed E-state index contributed by atoms with van der Waals surface area (Å²) in [5, 5.41) is 9.12. The lowest BCUT2D eigenvalue weighted by molar-refractivity contribution is -0.203. The van der Waals surface area contributed by atoms with E-state index in [0.29, 0.717) is 24.0 Å². The first-order valence-electron chi connectivity index (χ1n) is 16.7. The van der Waals surface area contributed by atoms with Gasteiger partial charge in [0.15, 0.2) is 5.78 Å². The molecule has 6 rings (SSSR count). The minimum absolute atomic E-state index is 0.0183. The zero-order valence-electron chi connectivity index (χ0n) is 27.1. The highest BCUT2D eigenvalue weighted by Crippen LogP contribution is 2.70. The van der Waals surface area contributed by atoms with E-state index in [4.69, 9.17) is 4.74 Å². The molecule has 0 aliphatic heterocycles. The van der Waals surface area contributed by atoms with Gasteiger partial charge in [-0.2, -0.15) is 0 Å². The number of carbonyl (C=O) groups excluding carboxylic acids is 3. The van der Waals surface area contributed by atoms with Crippen LogP contribution in [0.2, 0.25) is 0 Å². The number of benzene rings is 1. The molecule has 238 valence electrons. The number of rotatable bonds is 7. The lowest BCUT2D eigenvalue weighted by atomic mass is 9.41. The number of esters is 1. The number of ether oxygens (including phenoxy) is 1. The molecule has 11 atom stereocenters. The quantitative estimate of drug-likeness (QED) is 0.309. The van der Waals surface area contributed by atoms with Crippen molar-refractivity contribution in [3.63, 3.8) is 0 Å². The molecular weight excluding hydrogens is 557 g/mol. The second kappa shape index (κ2) is 11.5. The molecule has 0 N–H and O–H groups in total. The molecule has 7 nitrogen and oxygen atoms in total. The molecule has 1 aromatic heterocycles. The zero-order chi connectivity index (χ0) is 31.6. The van der Waals surface area contributed by atoms with Crippen molar-refractivity contribution >= 4 is 17.5 Å². The minimum atomic E-state index is -0.645. The van der Waals surface area contributed by atoms with E-state index in [2.05, 4.69) is 38.0 Å². The molecule has 0 spiro atoms. The predicted molar refractivity (Wildman–Crippen MR) is 165 cm³/mol. The highest BCUT2D eigenvalue weighted by molar-refractivity contribution is 5.91. The zero-order valence-corrected chi connectivity index (χ0v) is 27.1. The Morgan fingerprint density at radius 3 is 2.52 bits per heavy atom. The number of nitrogens with zero attached hydrogens (tertiary/aromatic N) is 3. The molecule has 8 heteroatoms. The van der Waals surface area contributed by atoms with Crippen LogP contribution in [-0.2, 0) is 19.1 Å². The SMILES string of the molecule is CC(=O)CC[C@@H](C)C1CCC2C3C([C@H](n4cc(-c5ccc(F)cc5)nn4)C(=O)[C@@]21C)[C@@]1(C)CC[C@@H](C)C[C@H]1C[C@H]3OC(C)=O. The molecule has 2 aromatic rings. The fourth-order valence-electron chi connectivity index (χ4n) is 10.6. The van der Waals surface area contributed by atoms with Gasteiger partial charge in [0.1, 0.15) is 29.4 Å². The van der Waals surface area contributed by atoms with Gasteiger partial charge in [-0.3, -0.25) is 9.59 Å². The van der Waals surface area contributed by atoms with E-state index < -0.39 is 11.5 Å². The molecule has 4 aliphatic rings. The van der Waals surface area contributed by atoms with Crippen LogP contribution in [0.4, 0.5) is 4.39 Å². The average molecular weight is 606 g/mol. The molecule has 1 heterocycles. The maximum atomic E-state index is 15.3. The first-order valence-corrected chi connectivity index (χ1v) is 16.7. The van der Waals surface area contributed by atoms with Crippen LogP contribution >= 0.6 is 0 Å². The molecular formula is C36H48FN3O4. The Hall–Kier alpha value is -2.90. The van der Waals surface area contributed by atoms with Crippen LogP contribution in [0.1, 0.15) is 99.0 Å². The van der Waals surface area contributed by atoms with Gasteiger partial charge in [-0.25, -0.2) is 9.07 Å². The van der Waals surface area contributed by atoms with E-state index >= 15 is 4.79 Å². The molecule has 4 aliphatic carbocycles. The maximum absolute atomic E-state index is 15.3. The number of hydrogen-bond acceptors (Lipinski definition) is 6. The monoisotopic (exact) mass is 605 g/mol. The summed E-state index contributed by atoms with van der Waals surface area (Å²) < 4.78 is 21.8. The number of fused-ring (bicyclic) bond motifs is 5. The van der Waals surface area contributed by atoms with Crippen LogP contribution in [0.3, 0.4) is 0 Å². The molecule has 4 unspecified atom stereocenters. The molecule has 0 bridgehead atoms. The second-order valence-electron chi connectivity index (χ2n) is 15.3. The predicted octanol–water partition coefficient (Wildman–Crippen LogP) is 7.26. The summed E-state index contributed by atoms with van der Waals surface area (Å²) in [6, 6.07) is 5.64. The van der Waals surface area contributed by atoms with Gasteiger partial charge in [0.05, 0.1) is 6.20 Å². The summed E-state index contributed by atoms with van der Waals surface area (Å²) in [6.45, 7) is 12.2. The van der Waals surface area contributed by atoms with Crippen molar-refractivity contribution in [1.82, 2.24) is 15.0 Å². The molecule has 1 aromatic carbocycles. The van der Waals surface area contributed by atoms with Crippen molar-refractivity contribution in [2.45, 2.75) is 105 Å². The summed E-state index contributed by atoms with van der Waals surface area (Å²) in [4.78, 5) is 39.9. The number of ketones is 2. The van der Waals surface area contributed by atoms with Gasteiger partial charge < -0.3 is 9.53 Å². The van der Waals surface area contributed by atoms with Gasteiger partial charge >= 0.3 is 5.97 Å². The third-order valence-electron chi connectivity index (χ3n) is 12.7. The van der Waals surface area contributed by atoms with Crippen molar-refractivity contribution < 1.29 is 23.5 Å². The minimum Gasteiger partial charge on any atom is -0.462 e. The van der Waals surface area contributed by atoms with Crippen molar-refractivity contribution in [2.24, 2.45) is 52.3 Å².